The van der Waals surface area contributed by atoms with E-state index in [1.807, 2.05) is 23.6 Å². The molecule has 10 heteroatoms. The molecule has 5 heterocycles. The molecule has 1 fully saturated rings. The van der Waals surface area contributed by atoms with Gasteiger partial charge >= 0.3 is 0 Å². The van der Waals surface area contributed by atoms with Crippen molar-refractivity contribution in [2.24, 2.45) is 0 Å². The minimum Gasteiger partial charge on any atom is -0.471 e. The number of hydrogen-bond donors (Lipinski definition) is 0. The van der Waals surface area contributed by atoms with Gasteiger partial charge in [-0.3, -0.25) is 0 Å². The van der Waals surface area contributed by atoms with Crippen LogP contribution in [-0.2, 0) is 6.54 Å². The number of benzene rings is 1. The zero-order valence-electron chi connectivity index (χ0n) is 18.3. The second-order valence-corrected chi connectivity index (χ2v) is 8.07. The van der Waals surface area contributed by atoms with Crippen molar-refractivity contribution in [1.82, 2.24) is 34.6 Å². The van der Waals surface area contributed by atoms with Crippen LogP contribution in [0.2, 0.25) is 0 Å². The van der Waals surface area contributed by atoms with Gasteiger partial charge in [0.05, 0.1) is 18.3 Å². The highest BCUT2D eigenvalue weighted by Gasteiger charge is 2.27. The van der Waals surface area contributed by atoms with Gasteiger partial charge in [-0.15, -0.1) is 0 Å². The van der Waals surface area contributed by atoms with Gasteiger partial charge in [-0.1, -0.05) is 5.16 Å². The van der Waals surface area contributed by atoms with E-state index in [2.05, 4.69) is 43.0 Å². The van der Waals surface area contributed by atoms with E-state index >= 15 is 0 Å². The van der Waals surface area contributed by atoms with Gasteiger partial charge in [0, 0.05) is 49.0 Å². The van der Waals surface area contributed by atoms with Crippen LogP contribution in [0.1, 0.15) is 19.2 Å². The van der Waals surface area contributed by atoms with Crippen molar-refractivity contribution in [3.8, 4) is 17.3 Å². The predicted molar refractivity (Wildman–Crippen MR) is 122 cm³/mol. The van der Waals surface area contributed by atoms with Gasteiger partial charge in [-0.25, -0.2) is 19.9 Å². The van der Waals surface area contributed by atoms with E-state index < -0.39 is 0 Å². The molecule has 0 aliphatic carbocycles. The Kier molecular flexibility index (Phi) is 4.63. The van der Waals surface area contributed by atoms with Crippen molar-refractivity contribution >= 4 is 27.8 Å². The summed E-state index contributed by atoms with van der Waals surface area (Å²) in [5.74, 6) is 1.97. The van der Waals surface area contributed by atoms with Gasteiger partial charge in [-0.2, -0.15) is 4.98 Å². The van der Waals surface area contributed by atoms with Crippen molar-refractivity contribution in [2.75, 3.05) is 18.0 Å². The number of rotatable bonds is 5. The SMILES string of the molecule is CCn1c(-c2cnc(C)nc2)nc2c(OC3CCN(c4ccc5cnoc5c4)C3)ncnc21. The van der Waals surface area contributed by atoms with Gasteiger partial charge in [0.15, 0.2) is 16.7 Å². The van der Waals surface area contributed by atoms with Crippen molar-refractivity contribution < 1.29 is 9.26 Å². The molecule has 1 unspecified atom stereocenters. The largest absolute Gasteiger partial charge is 0.471 e. The minimum atomic E-state index is -0.00791. The zero-order valence-corrected chi connectivity index (χ0v) is 18.3. The summed E-state index contributed by atoms with van der Waals surface area (Å²) in [4.78, 5) is 24.6. The molecule has 0 radical (unpaired) electrons. The first kappa shape index (κ1) is 19.6. The molecule has 10 nitrogen and oxygen atoms in total. The van der Waals surface area contributed by atoms with E-state index in [0.717, 1.165) is 59.0 Å². The maximum absolute atomic E-state index is 6.34. The molecule has 33 heavy (non-hydrogen) atoms. The van der Waals surface area contributed by atoms with Crippen LogP contribution in [-0.4, -0.2) is 53.8 Å². The van der Waals surface area contributed by atoms with E-state index in [-0.39, 0.29) is 6.10 Å². The third-order valence-corrected chi connectivity index (χ3v) is 5.98. The average molecular weight is 442 g/mol. The molecule has 0 amide bonds. The summed E-state index contributed by atoms with van der Waals surface area (Å²) in [6, 6.07) is 6.13. The second-order valence-electron chi connectivity index (χ2n) is 8.07. The number of aryl methyl sites for hydroxylation is 2. The number of ether oxygens (including phenoxy) is 1. The lowest BCUT2D eigenvalue weighted by molar-refractivity contribution is 0.218. The van der Waals surface area contributed by atoms with Gasteiger partial charge in [-0.05, 0) is 26.0 Å². The van der Waals surface area contributed by atoms with E-state index in [1.54, 1.807) is 18.6 Å². The minimum absolute atomic E-state index is 0.00791. The number of nitrogens with zero attached hydrogens (tertiary/aromatic N) is 8. The Morgan fingerprint density at radius 2 is 2.00 bits per heavy atom. The normalized spacial score (nSPS) is 16.2. The summed E-state index contributed by atoms with van der Waals surface area (Å²) < 4.78 is 13.7. The molecule has 0 spiro atoms. The van der Waals surface area contributed by atoms with Crippen LogP contribution in [0.15, 0.2) is 47.6 Å². The van der Waals surface area contributed by atoms with Crippen molar-refractivity contribution in [3.63, 3.8) is 0 Å². The van der Waals surface area contributed by atoms with Crippen molar-refractivity contribution in [3.05, 3.63) is 48.9 Å². The Labute approximate surface area is 189 Å². The van der Waals surface area contributed by atoms with Crippen LogP contribution in [0.5, 0.6) is 5.88 Å². The van der Waals surface area contributed by atoms with Crippen molar-refractivity contribution in [1.29, 1.82) is 0 Å². The van der Waals surface area contributed by atoms with Crippen LogP contribution in [0.4, 0.5) is 5.69 Å². The molecule has 166 valence electrons. The van der Waals surface area contributed by atoms with E-state index in [1.165, 1.54) is 6.33 Å². The monoisotopic (exact) mass is 442 g/mol. The predicted octanol–water partition coefficient (Wildman–Crippen LogP) is 3.41. The van der Waals surface area contributed by atoms with Crippen LogP contribution >= 0.6 is 0 Å². The fourth-order valence-corrected chi connectivity index (χ4v) is 4.29. The van der Waals surface area contributed by atoms with Crippen LogP contribution in [0.3, 0.4) is 0 Å². The third kappa shape index (κ3) is 3.43. The Balaban J connectivity index is 1.28. The standard InChI is InChI=1S/C23H22N8O2/c1-3-31-21(16-9-24-14(2)25-10-16)29-20-22(31)26-13-27-23(20)32-18-6-7-30(12-18)17-5-4-15-11-28-33-19(15)8-17/h4-5,8-11,13,18H,3,6-7,12H2,1-2H3. The van der Waals surface area contributed by atoms with E-state index in [0.29, 0.717) is 17.9 Å². The van der Waals surface area contributed by atoms with Gasteiger partial charge < -0.3 is 18.7 Å². The molecular weight excluding hydrogens is 420 g/mol. The van der Waals surface area contributed by atoms with E-state index in [9.17, 15) is 0 Å². The van der Waals surface area contributed by atoms with Crippen LogP contribution in [0, 0.1) is 6.92 Å². The second kappa shape index (κ2) is 7.80. The summed E-state index contributed by atoms with van der Waals surface area (Å²) in [5, 5.41) is 4.86. The molecule has 1 aliphatic rings. The van der Waals surface area contributed by atoms with Crippen molar-refractivity contribution in [2.45, 2.75) is 32.9 Å². The summed E-state index contributed by atoms with van der Waals surface area (Å²) in [7, 11) is 0. The maximum atomic E-state index is 6.34. The highest BCUT2D eigenvalue weighted by atomic mass is 16.5. The summed E-state index contributed by atoms with van der Waals surface area (Å²) in [5.41, 5.74) is 4.10. The van der Waals surface area contributed by atoms with E-state index in [4.69, 9.17) is 14.2 Å². The Morgan fingerprint density at radius 1 is 1.12 bits per heavy atom. The Bertz CT molecular complexity index is 1440. The van der Waals surface area contributed by atoms with Gasteiger partial charge in [0.25, 0.3) is 0 Å². The lowest BCUT2D eigenvalue weighted by atomic mass is 10.2. The lowest BCUT2D eigenvalue weighted by Crippen LogP contribution is -2.24. The number of imidazole rings is 1. The highest BCUT2D eigenvalue weighted by molar-refractivity contribution is 5.81. The number of anilines is 1. The molecule has 6 rings (SSSR count). The molecule has 1 aliphatic heterocycles. The number of hydrogen-bond acceptors (Lipinski definition) is 9. The molecule has 1 atom stereocenters. The molecule has 4 aromatic heterocycles. The van der Waals surface area contributed by atoms with Crippen LogP contribution in [0.25, 0.3) is 33.5 Å². The molecule has 1 saturated heterocycles. The average Bonchev–Trinajstić information content (AvgIpc) is 3.57. The first-order valence-electron chi connectivity index (χ1n) is 11.0. The first-order valence-corrected chi connectivity index (χ1v) is 11.0. The Hall–Kier alpha value is -4.08. The quantitative estimate of drug-likeness (QED) is 0.404. The fourth-order valence-electron chi connectivity index (χ4n) is 4.29. The number of fused-ring (bicyclic) bond motifs is 2. The molecular formula is C23H22N8O2. The Morgan fingerprint density at radius 3 is 2.85 bits per heavy atom. The molecule has 0 N–H and O–H groups in total. The first-order chi connectivity index (χ1) is 16.2. The van der Waals surface area contributed by atoms with Gasteiger partial charge in [0.2, 0.25) is 5.88 Å². The molecule has 1 aromatic carbocycles. The molecule has 5 aromatic rings. The summed E-state index contributed by atoms with van der Waals surface area (Å²) >= 11 is 0. The molecule has 0 saturated carbocycles. The van der Waals surface area contributed by atoms with Crippen LogP contribution < -0.4 is 9.64 Å². The smallest absolute Gasteiger partial charge is 0.245 e. The number of aromatic nitrogens is 7. The third-order valence-electron chi connectivity index (χ3n) is 5.98. The summed E-state index contributed by atoms with van der Waals surface area (Å²) in [6.45, 7) is 6.25. The summed E-state index contributed by atoms with van der Waals surface area (Å²) in [6.07, 6.45) is 7.69. The lowest BCUT2D eigenvalue weighted by Gasteiger charge is -2.18. The topological polar surface area (TPSA) is 108 Å². The van der Waals surface area contributed by atoms with Gasteiger partial charge in [0.1, 0.15) is 24.1 Å². The zero-order chi connectivity index (χ0) is 22.4. The fraction of sp³-hybridized carbons (Fsp3) is 0.304. The highest BCUT2D eigenvalue weighted by Crippen LogP contribution is 2.30. The molecule has 0 bridgehead atoms. The maximum Gasteiger partial charge on any atom is 0.245 e.